The summed E-state index contributed by atoms with van der Waals surface area (Å²) in [6.45, 7) is 3.24. The Bertz CT molecular complexity index is 379. The van der Waals surface area contributed by atoms with Crippen LogP contribution >= 0.6 is 0 Å². The van der Waals surface area contributed by atoms with Gasteiger partial charge in [0.2, 0.25) is 6.39 Å². The van der Waals surface area contributed by atoms with Gasteiger partial charge in [0.05, 0.1) is 6.54 Å². The summed E-state index contributed by atoms with van der Waals surface area (Å²) in [5.41, 5.74) is -0.741. The van der Waals surface area contributed by atoms with Gasteiger partial charge in [0.1, 0.15) is 5.54 Å². The summed E-state index contributed by atoms with van der Waals surface area (Å²) in [6, 6.07) is 0. The average Bonchev–Trinajstić information content (AvgIpc) is 2.91. The number of aliphatic carboxylic acids is 1. The zero-order valence-corrected chi connectivity index (χ0v) is 9.93. The van der Waals surface area contributed by atoms with Crippen molar-refractivity contribution in [1.82, 2.24) is 15.0 Å². The second-order valence-corrected chi connectivity index (χ2v) is 4.46. The van der Waals surface area contributed by atoms with Gasteiger partial charge in [-0.1, -0.05) is 18.5 Å². The molecule has 2 rings (SSSR count). The van der Waals surface area contributed by atoms with E-state index in [9.17, 15) is 9.90 Å². The molecule has 0 bridgehead atoms. The maximum Gasteiger partial charge on any atom is 0.324 e. The number of carboxylic acids is 1. The minimum Gasteiger partial charge on any atom is -0.480 e. The van der Waals surface area contributed by atoms with Crippen LogP contribution in [0.3, 0.4) is 0 Å². The number of hydrogen-bond donors (Lipinski definition) is 1. The van der Waals surface area contributed by atoms with E-state index >= 15 is 0 Å². The summed E-state index contributed by atoms with van der Waals surface area (Å²) >= 11 is 0. The molecule has 0 saturated carbocycles. The van der Waals surface area contributed by atoms with Crippen LogP contribution in [0.15, 0.2) is 10.9 Å². The molecular weight excluding hydrogens is 222 g/mol. The Morgan fingerprint density at radius 3 is 3.12 bits per heavy atom. The lowest BCUT2D eigenvalue weighted by molar-refractivity contribution is -0.150. The van der Waals surface area contributed by atoms with Gasteiger partial charge >= 0.3 is 5.97 Å². The molecule has 0 aliphatic carbocycles. The van der Waals surface area contributed by atoms with Crippen LogP contribution in [0.4, 0.5) is 0 Å². The summed E-state index contributed by atoms with van der Waals surface area (Å²) in [6.07, 6.45) is 4.40. The zero-order chi connectivity index (χ0) is 12.3. The summed E-state index contributed by atoms with van der Waals surface area (Å²) in [7, 11) is 0. The predicted molar refractivity (Wildman–Crippen MR) is 59.2 cm³/mol. The van der Waals surface area contributed by atoms with Crippen molar-refractivity contribution in [3.8, 4) is 0 Å². The van der Waals surface area contributed by atoms with Crippen LogP contribution in [0.25, 0.3) is 0 Å². The quantitative estimate of drug-likeness (QED) is 0.834. The van der Waals surface area contributed by atoms with E-state index in [1.807, 2.05) is 11.8 Å². The van der Waals surface area contributed by atoms with Crippen LogP contribution in [0.2, 0.25) is 0 Å². The minimum absolute atomic E-state index is 0.447. The minimum atomic E-state index is -0.741. The van der Waals surface area contributed by atoms with Gasteiger partial charge in [-0.2, -0.15) is 4.98 Å². The van der Waals surface area contributed by atoms with Crippen LogP contribution in [-0.2, 0) is 11.3 Å². The molecule has 1 atom stereocenters. The molecule has 1 aliphatic rings. The van der Waals surface area contributed by atoms with E-state index in [1.54, 1.807) is 0 Å². The third-order valence-corrected chi connectivity index (χ3v) is 3.42. The highest BCUT2D eigenvalue weighted by Crippen LogP contribution is 2.34. The highest BCUT2D eigenvalue weighted by Gasteiger charge is 2.46. The van der Waals surface area contributed by atoms with Crippen molar-refractivity contribution in [3.05, 3.63) is 12.2 Å². The molecular formula is C11H17N3O3. The van der Waals surface area contributed by atoms with Gasteiger partial charge in [-0.05, 0) is 25.8 Å². The Morgan fingerprint density at radius 2 is 2.53 bits per heavy atom. The van der Waals surface area contributed by atoms with Gasteiger partial charge < -0.3 is 9.63 Å². The third kappa shape index (κ3) is 2.17. The first-order valence-electron chi connectivity index (χ1n) is 5.93. The fourth-order valence-corrected chi connectivity index (χ4v) is 2.64. The lowest BCUT2D eigenvalue weighted by Gasteiger charge is -2.33. The van der Waals surface area contributed by atoms with Crippen molar-refractivity contribution >= 4 is 5.97 Å². The summed E-state index contributed by atoms with van der Waals surface area (Å²) in [5, 5.41) is 13.2. The average molecular weight is 239 g/mol. The van der Waals surface area contributed by atoms with Crippen LogP contribution in [0.1, 0.15) is 38.4 Å². The Kier molecular flexibility index (Phi) is 3.42. The molecule has 0 amide bonds. The van der Waals surface area contributed by atoms with E-state index < -0.39 is 11.5 Å². The van der Waals surface area contributed by atoms with Crippen LogP contribution < -0.4 is 0 Å². The molecule has 17 heavy (non-hydrogen) atoms. The second kappa shape index (κ2) is 4.83. The Labute approximate surface area is 99.6 Å². The molecule has 0 aromatic carbocycles. The first kappa shape index (κ1) is 12.0. The van der Waals surface area contributed by atoms with Crippen molar-refractivity contribution in [3.63, 3.8) is 0 Å². The highest BCUT2D eigenvalue weighted by molar-refractivity contribution is 5.79. The van der Waals surface area contributed by atoms with Crippen molar-refractivity contribution in [2.24, 2.45) is 0 Å². The summed E-state index contributed by atoms with van der Waals surface area (Å²) in [5.74, 6) is -0.186. The van der Waals surface area contributed by atoms with Gasteiger partial charge in [0, 0.05) is 0 Å². The standard InChI is InChI=1S/C11H17N3O3/c1-2-4-11(10(15)16)5-3-6-14(11)7-9-12-8-17-13-9/h8H,2-7H2,1H3,(H,15,16). The van der Waals surface area contributed by atoms with E-state index in [2.05, 4.69) is 14.7 Å². The van der Waals surface area contributed by atoms with Crippen molar-refractivity contribution in [2.75, 3.05) is 6.54 Å². The van der Waals surface area contributed by atoms with Crippen LogP contribution in [0, 0.1) is 0 Å². The van der Waals surface area contributed by atoms with Crippen molar-refractivity contribution in [1.29, 1.82) is 0 Å². The summed E-state index contributed by atoms with van der Waals surface area (Å²) < 4.78 is 4.68. The monoisotopic (exact) mass is 239 g/mol. The Balaban J connectivity index is 2.16. The fourth-order valence-electron chi connectivity index (χ4n) is 2.64. The van der Waals surface area contributed by atoms with Crippen LogP contribution in [0.5, 0.6) is 0 Å². The van der Waals surface area contributed by atoms with Crippen molar-refractivity contribution in [2.45, 2.75) is 44.7 Å². The SMILES string of the molecule is CCCC1(C(=O)O)CCCN1Cc1ncon1. The number of hydrogen-bond acceptors (Lipinski definition) is 5. The largest absolute Gasteiger partial charge is 0.480 e. The van der Waals surface area contributed by atoms with E-state index in [1.165, 1.54) is 6.39 Å². The molecule has 94 valence electrons. The molecule has 1 saturated heterocycles. The molecule has 0 radical (unpaired) electrons. The third-order valence-electron chi connectivity index (χ3n) is 3.42. The van der Waals surface area contributed by atoms with Gasteiger partial charge in [-0.3, -0.25) is 9.69 Å². The van der Waals surface area contributed by atoms with E-state index in [4.69, 9.17) is 0 Å². The first-order valence-corrected chi connectivity index (χ1v) is 5.93. The number of likely N-dealkylation sites (tertiary alicyclic amines) is 1. The van der Waals surface area contributed by atoms with E-state index in [0.717, 1.165) is 19.4 Å². The predicted octanol–water partition coefficient (Wildman–Crippen LogP) is 1.29. The lowest BCUT2D eigenvalue weighted by Crippen LogP contribution is -2.50. The molecule has 1 aliphatic heterocycles. The van der Waals surface area contributed by atoms with Crippen LogP contribution in [-0.4, -0.2) is 38.2 Å². The van der Waals surface area contributed by atoms with Crippen molar-refractivity contribution < 1.29 is 14.4 Å². The second-order valence-electron chi connectivity index (χ2n) is 4.46. The maximum absolute atomic E-state index is 11.5. The van der Waals surface area contributed by atoms with E-state index in [-0.39, 0.29) is 0 Å². The molecule has 1 aromatic heterocycles. The lowest BCUT2D eigenvalue weighted by atomic mass is 9.90. The molecule has 1 aromatic rings. The molecule has 1 N–H and O–H groups in total. The fraction of sp³-hybridized carbons (Fsp3) is 0.727. The van der Waals surface area contributed by atoms with E-state index in [0.29, 0.717) is 25.2 Å². The maximum atomic E-state index is 11.5. The van der Waals surface area contributed by atoms with Gasteiger partial charge in [0.15, 0.2) is 5.82 Å². The molecule has 6 heteroatoms. The number of nitrogens with zero attached hydrogens (tertiary/aromatic N) is 3. The smallest absolute Gasteiger partial charge is 0.324 e. The number of carboxylic acid groups (broad SMARTS) is 1. The Morgan fingerprint density at radius 1 is 1.71 bits per heavy atom. The molecule has 2 heterocycles. The highest BCUT2D eigenvalue weighted by atomic mass is 16.5. The zero-order valence-electron chi connectivity index (χ0n) is 9.93. The first-order chi connectivity index (χ1) is 8.19. The number of aromatic nitrogens is 2. The van der Waals surface area contributed by atoms with Gasteiger partial charge in [0.25, 0.3) is 0 Å². The Hall–Kier alpha value is -1.43. The number of carbonyl (C=O) groups is 1. The molecule has 1 fully saturated rings. The number of rotatable bonds is 5. The molecule has 0 spiro atoms. The molecule has 6 nitrogen and oxygen atoms in total. The molecule has 1 unspecified atom stereocenters. The normalized spacial score (nSPS) is 25.2. The van der Waals surface area contributed by atoms with Gasteiger partial charge in [-0.25, -0.2) is 0 Å². The topological polar surface area (TPSA) is 79.5 Å². The van der Waals surface area contributed by atoms with Gasteiger partial charge in [-0.15, -0.1) is 0 Å². The summed E-state index contributed by atoms with van der Waals surface area (Å²) in [4.78, 5) is 17.5.